The Morgan fingerprint density at radius 1 is 0.292 bits per heavy atom. The van der Waals surface area contributed by atoms with E-state index in [9.17, 15) is 105 Å². The van der Waals surface area contributed by atoms with E-state index >= 15 is 0 Å². The van der Waals surface area contributed by atoms with Gasteiger partial charge < -0.3 is 0 Å². The fourth-order valence-electron chi connectivity index (χ4n) is 3.58. The molecule has 0 radical (unpaired) electrons. The molecule has 4 heterocycles. The minimum absolute atomic E-state index is 0. The molecule has 8 atom stereocenters. The van der Waals surface area contributed by atoms with Crippen LogP contribution in [0.3, 0.4) is 0 Å². The zero-order chi connectivity index (χ0) is 46.4. The van der Waals surface area contributed by atoms with Gasteiger partial charge in [0.15, 0.2) is 0 Å². The lowest BCUT2D eigenvalue weighted by molar-refractivity contribution is -0.458. The third kappa shape index (κ3) is 16.9. The Hall–Kier alpha value is -2.04. The summed E-state index contributed by atoms with van der Waals surface area (Å²) >= 11 is 0. The van der Waals surface area contributed by atoms with Gasteiger partial charge in [0.05, 0.1) is 0 Å². The van der Waals surface area contributed by atoms with Gasteiger partial charge >= 0.3 is 49.3 Å². The molecular formula is C32H56F24O9. The maximum absolute atomic E-state index is 13.2. The summed E-state index contributed by atoms with van der Waals surface area (Å²) in [7, 11) is 0. The highest BCUT2D eigenvalue weighted by Gasteiger charge is 2.84. The summed E-state index contributed by atoms with van der Waals surface area (Å²) in [5.74, 6) is -33.0. The Morgan fingerprint density at radius 3 is 0.646 bits per heavy atom. The molecule has 33 heteroatoms. The molecule has 0 aliphatic carbocycles. The molecule has 406 valence electrons. The maximum atomic E-state index is 13.2. The average Bonchev–Trinajstić information content (AvgIpc) is 3.29. The Kier molecular flexibility index (Phi) is 26.7. The van der Waals surface area contributed by atoms with E-state index in [4.69, 9.17) is 0 Å². The van der Waals surface area contributed by atoms with Crippen LogP contribution in [-0.2, 0) is 42.6 Å². The van der Waals surface area contributed by atoms with Crippen LogP contribution in [-0.4, -0.2) is 96.1 Å². The van der Waals surface area contributed by atoms with Crippen molar-refractivity contribution in [2.45, 2.75) is 211 Å². The molecule has 0 saturated carbocycles. The number of hydrogen-bond donors (Lipinski definition) is 0. The van der Waals surface area contributed by atoms with Crippen molar-refractivity contribution < 1.29 is 148 Å². The molecule has 0 amide bonds. The number of hydrogen-bond acceptors (Lipinski definition) is 9. The van der Waals surface area contributed by atoms with E-state index in [0.717, 1.165) is 0 Å². The van der Waals surface area contributed by atoms with Crippen LogP contribution < -0.4 is 0 Å². The summed E-state index contributed by atoms with van der Waals surface area (Å²) in [6.07, 6.45) is -32.0. The molecule has 4 saturated heterocycles. The highest BCUT2D eigenvalue weighted by atomic mass is 19.4. The Bertz CT molecular complexity index is 1360. The van der Waals surface area contributed by atoms with Gasteiger partial charge in [-0.05, 0) is 6.92 Å². The third-order valence-electron chi connectivity index (χ3n) is 7.16. The molecule has 4 aliphatic rings. The first-order valence-electron chi connectivity index (χ1n) is 14.0. The molecule has 9 nitrogen and oxygen atoms in total. The molecule has 65 heavy (non-hydrogen) atoms. The van der Waals surface area contributed by atoms with E-state index < -0.39 is 96.1 Å². The van der Waals surface area contributed by atoms with E-state index in [2.05, 4.69) is 42.6 Å². The first-order valence-corrected chi connectivity index (χ1v) is 14.0. The van der Waals surface area contributed by atoms with E-state index in [1.165, 1.54) is 0 Å². The molecule has 4 aliphatic heterocycles. The van der Waals surface area contributed by atoms with Crippen LogP contribution in [0, 0.1) is 0 Å². The number of alkyl halides is 24. The zero-order valence-corrected chi connectivity index (χ0v) is 28.7. The Balaban J connectivity index is -0.000000108. The molecular weight excluding hydrogens is 984 g/mol. The largest absolute Gasteiger partial charge is 0.525 e. The summed E-state index contributed by atoms with van der Waals surface area (Å²) < 4.78 is 327. The number of ether oxygens (including phenoxy) is 9. The van der Waals surface area contributed by atoms with Gasteiger partial charge in [-0.1, -0.05) is 59.4 Å². The monoisotopic (exact) mass is 1040 g/mol. The lowest BCUT2D eigenvalue weighted by Gasteiger charge is -2.31. The second-order valence-electron chi connectivity index (χ2n) is 12.3. The van der Waals surface area contributed by atoms with Gasteiger partial charge in [0.25, 0.3) is 41.0 Å². The van der Waals surface area contributed by atoms with Gasteiger partial charge in [0.1, 0.15) is 0 Å². The van der Waals surface area contributed by atoms with Crippen molar-refractivity contribution in [1.29, 1.82) is 0 Å². The molecule has 4 fully saturated rings. The van der Waals surface area contributed by atoms with Crippen LogP contribution in [0.2, 0.25) is 0 Å². The van der Waals surface area contributed by atoms with E-state index in [-0.39, 0.29) is 73.3 Å². The zero-order valence-electron chi connectivity index (χ0n) is 28.7. The van der Waals surface area contributed by atoms with Gasteiger partial charge in [-0.15, -0.1) is 30.7 Å². The smallest absolute Gasteiger partial charge is 0.293 e. The Labute approximate surface area is 359 Å². The van der Waals surface area contributed by atoms with Crippen molar-refractivity contribution in [3.05, 3.63) is 0 Å². The van der Waals surface area contributed by atoms with Gasteiger partial charge in [0.2, 0.25) is 5.79 Å². The van der Waals surface area contributed by atoms with Crippen molar-refractivity contribution >= 4 is 0 Å². The van der Waals surface area contributed by atoms with E-state index in [1.54, 1.807) is 0 Å². The molecule has 8 unspecified atom stereocenters. The minimum atomic E-state index is -6.18. The maximum Gasteiger partial charge on any atom is 0.525 e. The molecule has 0 aromatic carbocycles. The number of halogens is 24. The predicted molar refractivity (Wildman–Crippen MR) is 179 cm³/mol. The third-order valence-corrected chi connectivity index (χ3v) is 7.16. The summed E-state index contributed by atoms with van der Waals surface area (Å²) in [5.41, 5.74) is 0. The lowest BCUT2D eigenvalue weighted by Crippen LogP contribution is -2.58. The molecule has 4 rings (SSSR count). The second-order valence-corrected chi connectivity index (χ2v) is 12.3. The molecule has 0 bridgehead atoms. The average molecular weight is 1040 g/mol. The Morgan fingerprint density at radius 2 is 0.508 bits per heavy atom. The van der Waals surface area contributed by atoms with Crippen LogP contribution >= 0.6 is 0 Å². The summed E-state index contributed by atoms with van der Waals surface area (Å²) in [5, 5.41) is 0. The normalized spacial score (nSPS) is 38.6. The summed E-state index contributed by atoms with van der Waals surface area (Å²) in [6, 6.07) is -4.75. The van der Waals surface area contributed by atoms with Crippen molar-refractivity contribution in [3.63, 3.8) is 0 Å². The van der Waals surface area contributed by atoms with Crippen molar-refractivity contribution in [2.24, 2.45) is 0 Å². The van der Waals surface area contributed by atoms with E-state index in [1.807, 2.05) is 0 Å². The van der Waals surface area contributed by atoms with Crippen LogP contribution in [0.25, 0.3) is 0 Å². The van der Waals surface area contributed by atoms with Gasteiger partial charge in [-0.3, -0.25) is 42.6 Å². The topological polar surface area (TPSA) is 83.1 Å². The van der Waals surface area contributed by atoms with E-state index in [0.29, 0.717) is 41.5 Å². The second kappa shape index (κ2) is 21.7. The van der Waals surface area contributed by atoms with Gasteiger partial charge in [0, 0.05) is 48.5 Å². The van der Waals surface area contributed by atoms with Gasteiger partial charge in [-0.25, -0.2) is 30.7 Å². The fourth-order valence-corrected chi connectivity index (χ4v) is 3.58. The first-order chi connectivity index (χ1) is 24.1. The molecule has 0 aromatic rings. The number of rotatable bonds is 1. The SMILES string of the molecule is C.C.C.C.C.C.C.C.CC1(F)OC(C(F)(F)F)(C(F)(F)F)OC1(C)F.CC1(F)OC(F)(C(F)(F)F)OC1(C)F.CC1(F)OC(F)(F)OC1(C)F.CC1(F)OC(F)(F)OC1(C)OC(F)(F)F. The van der Waals surface area contributed by atoms with Crippen molar-refractivity contribution in [3.8, 4) is 0 Å². The van der Waals surface area contributed by atoms with Crippen molar-refractivity contribution in [2.75, 3.05) is 0 Å². The highest BCUT2D eigenvalue weighted by Crippen LogP contribution is 2.59. The first kappa shape index (κ1) is 80.0. The van der Waals surface area contributed by atoms with Crippen LogP contribution in [0.15, 0.2) is 0 Å². The molecule has 0 aromatic heterocycles. The lowest BCUT2D eigenvalue weighted by atomic mass is 10.2. The van der Waals surface area contributed by atoms with Crippen LogP contribution in [0.1, 0.15) is 115 Å². The predicted octanol–water partition coefficient (Wildman–Crippen LogP) is 15.4. The highest BCUT2D eigenvalue weighted by molar-refractivity contribution is 5.00. The summed E-state index contributed by atoms with van der Waals surface area (Å²) in [6.45, 7) is 2.54. The molecule has 0 spiro atoms. The van der Waals surface area contributed by atoms with Crippen molar-refractivity contribution in [1.82, 2.24) is 0 Å². The summed E-state index contributed by atoms with van der Waals surface area (Å²) in [4.78, 5) is 0. The van der Waals surface area contributed by atoms with Crippen LogP contribution in [0.4, 0.5) is 105 Å². The standard InChI is InChI=1S/C7H6F8O2.C6H6F6O3.C6H6F6O2.C5H6F4O2.8CH4/c1-3(8)4(2,9)17-5(16-3,6(10,11)12)7(13,14)15;1-3(7)4(2,14-5(8,9)10)15-6(11,12)13-3;1-3(7)4(2,8)14-6(12,13-3)5(9,10)11;1-3(6)4(2,7)11-5(8,9)10-3;;;;;;;;/h1-2H3;1-2H3;1-2H3;1-2H3;8*1H4. The quantitative estimate of drug-likeness (QED) is 0.239. The van der Waals surface area contributed by atoms with Gasteiger partial charge in [-0.2, -0.15) is 43.9 Å². The minimum Gasteiger partial charge on any atom is -0.293 e. The van der Waals surface area contributed by atoms with Crippen LogP contribution in [0.5, 0.6) is 0 Å². The molecule has 0 N–H and O–H groups in total. The fraction of sp³-hybridized carbons (Fsp3) is 1.00.